The zero-order chi connectivity index (χ0) is 18.3. The standard InChI is InChI=1S/C19H28NO4P/c1-3-23-17(21)10-7-11-19(18(22)24-4-2)12-13-20(25)16-9-6-5-8-15(16)14-19/h5-6,8-9H,3-4,7,10-14,25H2,1-2H3. The fraction of sp³-hybridized carbons (Fsp3) is 0.579. The molecule has 1 aliphatic heterocycles. The third-order valence-electron chi connectivity index (χ3n) is 4.71. The molecule has 1 aliphatic rings. The van der Waals surface area contributed by atoms with Crippen LogP contribution in [0.3, 0.4) is 0 Å². The van der Waals surface area contributed by atoms with Gasteiger partial charge in [0, 0.05) is 18.7 Å². The van der Waals surface area contributed by atoms with Gasteiger partial charge in [-0.2, -0.15) is 0 Å². The van der Waals surface area contributed by atoms with E-state index in [0.29, 0.717) is 45.3 Å². The van der Waals surface area contributed by atoms with Gasteiger partial charge in [0.1, 0.15) is 0 Å². The summed E-state index contributed by atoms with van der Waals surface area (Å²) in [4.78, 5) is 24.5. The molecule has 0 aromatic heterocycles. The van der Waals surface area contributed by atoms with Crippen molar-refractivity contribution in [1.82, 2.24) is 0 Å². The topological polar surface area (TPSA) is 55.8 Å². The summed E-state index contributed by atoms with van der Waals surface area (Å²) in [7, 11) is 2.74. The Morgan fingerprint density at radius 1 is 1.20 bits per heavy atom. The number of hydrogen-bond acceptors (Lipinski definition) is 5. The van der Waals surface area contributed by atoms with Gasteiger partial charge < -0.3 is 14.1 Å². The van der Waals surface area contributed by atoms with Gasteiger partial charge in [-0.05, 0) is 60.6 Å². The monoisotopic (exact) mass is 365 g/mol. The molecule has 0 amide bonds. The average molecular weight is 365 g/mol. The summed E-state index contributed by atoms with van der Waals surface area (Å²) < 4.78 is 12.5. The molecule has 0 radical (unpaired) electrons. The summed E-state index contributed by atoms with van der Waals surface area (Å²) >= 11 is 0. The van der Waals surface area contributed by atoms with Crippen molar-refractivity contribution in [2.24, 2.45) is 5.41 Å². The minimum Gasteiger partial charge on any atom is -0.466 e. The van der Waals surface area contributed by atoms with E-state index in [9.17, 15) is 9.59 Å². The molecule has 1 aromatic rings. The first-order valence-corrected chi connectivity index (χ1v) is 9.47. The van der Waals surface area contributed by atoms with Gasteiger partial charge in [0.2, 0.25) is 0 Å². The highest BCUT2D eigenvalue weighted by Crippen LogP contribution is 2.41. The van der Waals surface area contributed by atoms with Crippen LogP contribution in [0.25, 0.3) is 0 Å². The highest BCUT2D eigenvalue weighted by atomic mass is 31.0. The second-order valence-corrected chi connectivity index (χ2v) is 7.03. The summed E-state index contributed by atoms with van der Waals surface area (Å²) in [5.41, 5.74) is 1.67. The first-order chi connectivity index (χ1) is 12.0. The van der Waals surface area contributed by atoms with E-state index in [1.54, 1.807) is 6.92 Å². The Labute approximate surface area is 152 Å². The molecule has 1 heterocycles. The fourth-order valence-electron chi connectivity index (χ4n) is 3.43. The fourth-order valence-corrected chi connectivity index (χ4v) is 3.81. The minimum atomic E-state index is -0.593. The Hall–Kier alpha value is -1.61. The van der Waals surface area contributed by atoms with Crippen LogP contribution in [0.5, 0.6) is 0 Å². The van der Waals surface area contributed by atoms with E-state index < -0.39 is 5.41 Å². The lowest BCUT2D eigenvalue weighted by Gasteiger charge is -2.30. The van der Waals surface area contributed by atoms with Crippen molar-refractivity contribution in [3.63, 3.8) is 0 Å². The predicted molar refractivity (Wildman–Crippen MR) is 101 cm³/mol. The highest BCUT2D eigenvalue weighted by molar-refractivity contribution is 7.19. The molecule has 2 atom stereocenters. The summed E-state index contributed by atoms with van der Waals surface area (Å²) in [5, 5.41) is 0. The summed E-state index contributed by atoms with van der Waals surface area (Å²) in [5.74, 6) is -0.364. The van der Waals surface area contributed by atoms with Crippen LogP contribution < -0.4 is 4.67 Å². The molecule has 138 valence electrons. The quantitative estimate of drug-likeness (QED) is 0.547. The second-order valence-electron chi connectivity index (χ2n) is 6.41. The van der Waals surface area contributed by atoms with E-state index in [2.05, 4.69) is 26.2 Å². The van der Waals surface area contributed by atoms with Gasteiger partial charge in [-0.3, -0.25) is 9.59 Å². The molecule has 1 aromatic carbocycles. The number of fused-ring (bicyclic) bond motifs is 1. The highest BCUT2D eigenvalue weighted by Gasteiger charge is 2.41. The SMILES string of the molecule is CCOC(=O)CCCC1(C(=O)OCC)CCN(P)c2ccccc2C1. The number of benzene rings is 1. The number of rotatable bonds is 7. The molecular formula is C19H28NO4P. The third-order valence-corrected chi connectivity index (χ3v) is 5.25. The zero-order valence-electron chi connectivity index (χ0n) is 15.1. The average Bonchev–Trinajstić information content (AvgIpc) is 2.74. The molecule has 0 saturated heterocycles. The predicted octanol–water partition coefficient (Wildman–Crippen LogP) is 3.51. The van der Waals surface area contributed by atoms with E-state index in [-0.39, 0.29) is 11.9 Å². The smallest absolute Gasteiger partial charge is 0.312 e. The Kier molecular flexibility index (Phi) is 7.24. The van der Waals surface area contributed by atoms with Gasteiger partial charge in [-0.25, -0.2) is 0 Å². The molecule has 0 N–H and O–H groups in total. The molecule has 2 unspecified atom stereocenters. The van der Waals surface area contributed by atoms with E-state index in [1.165, 1.54) is 0 Å². The van der Waals surface area contributed by atoms with Crippen LogP contribution in [0.4, 0.5) is 5.69 Å². The maximum Gasteiger partial charge on any atom is 0.312 e. The Morgan fingerprint density at radius 3 is 2.64 bits per heavy atom. The van der Waals surface area contributed by atoms with Crippen LogP contribution >= 0.6 is 9.39 Å². The van der Waals surface area contributed by atoms with Gasteiger partial charge in [0.05, 0.1) is 18.6 Å². The van der Waals surface area contributed by atoms with Crippen molar-refractivity contribution in [3.8, 4) is 0 Å². The van der Waals surface area contributed by atoms with Crippen LogP contribution in [0.15, 0.2) is 24.3 Å². The normalized spacial score (nSPS) is 19.7. The molecule has 25 heavy (non-hydrogen) atoms. The third kappa shape index (κ3) is 4.94. The first-order valence-electron chi connectivity index (χ1n) is 8.95. The van der Waals surface area contributed by atoms with Crippen molar-refractivity contribution >= 4 is 27.0 Å². The number of hydrogen-bond donors (Lipinski definition) is 0. The summed E-state index contributed by atoms with van der Waals surface area (Å²) in [6, 6.07) is 8.14. The van der Waals surface area contributed by atoms with Crippen LogP contribution in [0.2, 0.25) is 0 Å². The molecule has 5 nitrogen and oxygen atoms in total. The Morgan fingerprint density at radius 2 is 1.92 bits per heavy atom. The molecule has 0 aliphatic carbocycles. The van der Waals surface area contributed by atoms with E-state index in [1.807, 2.05) is 19.1 Å². The van der Waals surface area contributed by atoms with E-state index in [4.69, 9.17) is 9.47 Å². The second kappa shape index (κ2) is 9.19. The Balaban J connectivity index is 2.20. The maximum atomic E-state index is 12.8. The largest absolute Gasteiger partial charge is 0.466 e. The van der Waals surface area contributed by atoms with Crippen LogP contribution in [0.1, 0.15) is 45.1 Å². The van der Waals surface area contributed by atoms with Crippen LogP contribution in [0, 0.1) is 5.41 Å². The number of nitrogens with zero attached hydrogens (tertiary/aromatic N) is 1. The first kappa shape index (κ1) is 19.7. The van der Waals surface area contributed by atoms with Gasteiger partial charge in [-0.1, -0.05) is 18.2 Å². The van der Waals surface area contributed by atoms with Gasteiger partial charge >= 0.3 is 11.9 Å². The molecule has 0 saturated carbocycles. The molecule has 2 rings (SSSR count). The number of anilines is 1. The van der Waals surface area contributed by atoms with Crippen molar-refractivity contribution in [2.75, 3.05) is 24.4 Å². The minimum absolute atomic E-state index is 0.158. The zero-order valence-corrected chi connectivity index (χ0v) is 16.3. The number of carbonyl (C=O) groups is 2. The molecule has 6 heteroatoms. The van der Waals surface area contributed by atoms with Crippen molar-refractivity contribution in [1.29, 1.82) is 0 Å². The molecule has 0 bridgehead atoms. The lowest BCUT2D eigenvalue weighted by molar-refractivity contribution is -0.157. The molecule has 0 spiro atoms. The van der Waals surface area contributed by atoms with E-state index in [0.717, 1.165) is 17.8 Å². The van der Waals surface area contributed by atoms with Crippen LogP contribution in [-0.2, 0) is 25.5 Å². The van der Waals surface area contributed by atoms with Gasteiger partial charge in [-0.15, -0.1) is 0 Å². The van der Waals surface area contributed by atoms with Crippen molar-refractivity contribution in [2.45, 2.75) is 46.0 Å². The van der Waals surface area contributed by atoms with Gasteiger partial charge in [0.25, 0.3) is 0 Å². The summed E-state index contributed by atoms with van der Waals surface area (Å²) in [6.45, 7) is 5.13. The number of para-hydroxylation sites is 1. The van der Waals surface area contributed by atoms with Gasteiger partial charge in [0.15, 0.2) is 0 Å². The lowest BCUT2D eigenvalue weighted by atomic mass is 9.75. The Bertz CT molecular complexity index is 607. The molecular weight excluding hydrogens is 337 g/mol. The van der Waals surface area contributed by atoms with Crippen molar-refractivity contribution < 1.29 is 19.1 Å². The lowest BCUT2D eigenvalue weighted by Crippen LogP contribution is -2.36. The van der Waals surface area contributed by atoms with Crippen LogP contribution in [-0.4, -0.2) is 31.7 Å². The molecule has 0 fully saturated rings. The number of carbonyl (C=O) groups excluding carboxylic acids is 2. The van der Waals surface area contributed by atoms with E-state index >= 15 is 0 Å². The van der Waals surface area contributed by atoms with Crippen molar-refractivity contribution in [3.05, 3.63) is 29.8 Å². The number of esters is 2. The summed E-state index contributed by atoms with van der Waals surface area (Å²) in [6.07, 6.45) is 2.91. The number of ether oxygens (including phenoxy) is 2. The maximum absolute atomic E-state index is 12.8.